The van der Waals surface area contributed by atoms with Gasteiger partial charge in [0.1, 0.15) is 5.75 Å². The minimum Gasteiger partial charge on any atom is -0.494 e. The second kappa shape index (κ2) is 8.90. The summed E-state index contributed by atoms with van der Waals surface area (Å²) in [6.45, 7) is 3.24. The third kappa shape index (κ3) is 6.36. The van der Waals surface area contributed by atoms with Crippen molar-refractivity contribution >= 4 is 18.3 Å². The largest absolute Gasteiger partial charge is 0.494 e. The van der Waals surface area contributed by atoms with Crippen LogP contribution in [0.5, 0.6) is 5.75 Å². The summed E-state index contributed by atoms with van der Waals surface area (Å²) in [6, 6.07) is 8.03. The molecule has 1 aromatic rings. The number of nitrogens with one attached hydrogen (secondary N) is 1. The SMILES string of the molecule is CCOc1ccc(CCC(=O)NCC(N)C2CC2)cc1.Cl. The summed E-state index contributed by atoms with van der Waals surface area (Å²) in [5.41, 5.74) is 7.10. The second-order valence-corrected chi connectivity index (χ2v) is 5.38. The summed E-state index contributed by atoms with van der Waals surface area (Å²) in [5, 5.41) is 2.92. The molecule has 1 aromatic carbocycles. The predicted octanol–water partition coefficient (Wildman–Crippen LogP) is 2.29. The van der Waals surface area contributed by atoms with Gasteiger partial charge in [-0.05, 0) is 49.8 Å². The van der Waals surface area contributed by atoms with Crippen LogP contribution in [0.3, 0.4) is 0 Å². The lowest BCUT2D eigenvalue weighted by atomic mass is 10.1. The average molecular weight is 313 g/mol. The molecule has 1 fully saturated rings. The number of amides is 1. The maximum Gasteiger partial charge on any atom is 0.220 e. The number of nitrogens with two attached hydrogens (primary N) is 1. The van der Waals surface area contributed by atoms with E-state index in [0.29, 0.717) is 25.5 Å². The minimum absolute atomic E-state index is 0. The highest BCUT2D eigenvalue weighted by molar-refractivity contribution is 5.85. The summed E-state index contributed by atoms with van der Waals surface area (Å²) < 4.78 is 5.39. The molecule has 0 heterocycles. The van der Waals surface area contributed by atoms with Gasteiger partial charge < -0.3 is 15.8 Å². The quantitative estimate of drug-likeness (QED) is 0.774. The molecule has 21 heavy (non-hydrogen) atoms. The van der Waals surface area contributed by atoms with Crippen LogP contribution in [0.1, 0.15) is 31.7 Å². The molecule has 1 atom stereocenters. The molecule has 1 unspecified atom stereocenters. The molecule has 0 aromatic heterocycles. The van der Waals surface area contributed by atoms with Crippen molar-refractivity contribution < 1.29 is 9.53 Å². The maximum atomic E-state index is 11.7. The molecule has 1 aliphatic rings. The topological polar surface area (TPSA) is 64.3 Å². The summed E-state index contributed by atoms with van der Waals surface area (Å²) in [5.74, 6) is 1.58. The van der Waals surface area contributed by atoms with Gasteiger partial charge in [0, 0.05) is 19.0 Å². The Morgan fingerprint density at radius 1 is 1.38 bits per heavy atom. The second-order valence-electron chi connectivity index (χ2n) is 5.38. The van der Waals surface area contributed by atoms with Crippen LogP contribution in [0.4, 0.5) is 0 Å². The van der Waals surface area contributed by atoms with E-state index in [1.165, 1.54) is 12.8 Å². The van der Waals surface area contributed by atoms with Crippen LogP contribution < -0.4 is 15.8 Å². The third-order valence-corrected chi connectivity index (χ3v) is 3.64. The van der Waals surface area contributed by atoms with Crippen molar-refractivity contribution in [3.63, 3.8) is 0 Å². The Morgan fingerprint density at radius 2 is 2.05 bits per heavy atom. The Hall–Kier alpha value is -1.26. The highest BCUT2D eigenvalue weighted by Gasteiger charge is 2.28. The van der Waals surface area contributed by atoms with E-state index in [-0.39, 0.29) is 24.4 Å². The van der Waals surface area contributed by atoms with Crippen LogP contribution in [0.15, 0.2) is 24.3 Å². The van der Waals surface area contributed by atoms with E-state index in [0.717, 1.165) is 17.7 Å². The number of aryl methyl sites for hydroxylation is 1. The molecule has 0 aliphatic heterocycles. The first-order valence-corrected chi connectivity index (χ1v) is 7.43. The molecule has 2 rings (SSSR count). The van der Waals surface area contributed by atoms with Crippen LogP contribution in [0.25, 0.3) is 0 Å². The van der Waals surface area contributed by atoms with Gasteiger partial charge in [-0.3, -0.25) is 4.79 Å². The van der Waals surface area contributed by atoms with Gasteiger partial charge in [0.2, 0.25) is 5.91 Å². The van der Waals surface area contributed by atoms with Crippen molar-refractivity contribution in [2.45, 2.75) is 38.6 Å². The number of rotatable bonds is 8. The van der Waals surface area contributed by atoms with Gasteiger partial charge in [-0.25, -0.2) is 0 Å². The summed E-state index contributed by atoms with van der Waals surface area (Å²) in [6.07, 6.45) is 3.68. The molecule has 118 valence electrons. The molecule has 1 saturated carbocycles. The van der Waals surface area contributed by atoms with Crippen molar-refractivity contribution in [2.75, 3.05) is 13.2 Å². The molecule has 4 nitrogen and oxygen atoms in total. The standard InChI is InChI=1S/C16H24N2O2.ClH/c1-2-20-14-8-3-12(4-9-14)5-10-16(19)18-11-15(17)13-6-7-13;/h3-4,8-9,13,15H,2,5-7,10-11,17H2,1H3,(H,18,19);1H. The van der Waals surface area contributed by atoms with E-state index in [1.807, 2.05) is 31.2 Å². The zero-order chi connectivity index (χ0) is 14.4. The van der Waals surface area contributed by atoms with Crippen LogP contribution in [-0.2, 0) is 11.2 Å². The van der Waals surface area contributed by atoms with E-state index in [9.17, 15) is 4.79 Å². The van der Waals surface area contributed by atoms with Crippen molar-refractivity contribution in [3.05, 3.63) is 29.8 Å². The lowest BCUT2D eigenvalue weighted by Gasteiger charge is -2.11. The van der Waals surface area contributed by atoms with E-state index in [4.69, 9.17) is 10.5 Å². The fraction of sp³-hybridized carbons (Fsp3) is 0.562. The van der Waals surface area contributed by atoms with Crippen molar-refractivity contribution in [2.24, 2.45) is 11.7 Å². The fourth-order valence-electron chi connectivity index (χ4n) is 2.19. The highest BCUT2D eigenvalue weighted by atomic mass is 35.5. The number of halogens is 1. The summed E-state index contributed by atoms with van der Waals surface area (Å²) >= 11 is 0. The van der Waals surface area contributed by atoms with Gasteiger partial charge in [-0.1, -0.05) is 12.1 Å². The third-order valence-electron chi connectivity index (χ3n) is 3.64. The normalized spacial score (nSPS) is 15.0. The maximum absolute atomic E-state index is 11.7. The first-order chi connectivity index (χ1) is 9.69. The van der Waals surface area contributed by atoms with Crippen molar-refractivity contribution in [1.82, 2.24) is 5.32 Å². The predicted molar refractivity (Wildman–Crippen MR) is 86.9 cm³/mol. The number of carbonyl (C=O) groups is 1. The van der Waals surface area contributed by atoms with E-state index in [1.54, 1.807) is 0 Å². The molecular weight excluding hydrogens is 288 g/mol. The Kier molecular flexibility index (Phi) is 7.54. The molecule has 0 bridgehead atoms. The number of ether oxygens (including phenoxy) is 1. The molecule has 1 aliphatic carbocycles. The molecule has 0 spiro atoms. The number of hydrogen-bond acceptors (Lipinski definition) is 3. The van der Waals surface area contributed by atoms with Gasteiger partial charge >= 0.3 is 0 Å². The van der Waals surface area contributed by atoms with Gasteiger partial charge in [-0.15, -0.1) is 12.4 Å². The van der Waals surface area contributed by atoms with E-state index < -0.39 is 0 Å². The highest BCUT2D eigenvalue weighted by Crippen LogP contribution is 2.31. The summed E-state index contributed by atoms with van der Waals surface area (Å²) in [4.78, 5) is 11.7. The monoisotopic (exact) mass is 312 g/mol. The van der Waals surface area contributed by atoms with Gasteiger partial charge in [0.05, 0.1) is 6.61 Å². The molecule has 0 saturated heterocycles. The molecule has 1 amide bonds. The molecule has 5 heteroatoms. The fourth-order valence-corrected chi connectivity index (χ4v) is 2.19. The zero-order valence-electron chi connectivity index (χ0n) is 12.5. The Bertz CT molecular complexity index is 432. The Balaban J connectivity index is 0.00000220. The van der Waals surface area contributed by atoms with Gasteiger partial charge in [-0.2, -0.15) is 0 Å². The Morgan fingerprint density at radius 3 is 2.62 bits per heavy atom. The van der Waals surface area contributed by atoms with Gasteiger partial charge in [0.15, 0.2) is 0 Å². The average Bonchev–Trinajstić information content (AvgIpc) is 3.29. The molecule has 0 radical (unpaired) electrons. The van der Waals surface area contributed by atoms with Crippen LogP contribution in [0.2, 0.25) is 0 Å². The van der Waals surface area contributed by atoms with Crippen molar-refractivity contribution in [1.29, 1.82) is 0 Å². The summed E-state index contributed by atoms with van der Waals surface area (Å²) in [7, 11) is 0. The van der Waals surface area contributed by atoms with E-state index >= 15 is 0 Å². The molecular formula is C16H25ClN2O2. The number of hydrogen-bond donors (Lipinski definition) is 2. The number of carbonyl (C=O) groups excluding carboxylic acids is 1. The van der Waals surface area contributed by atoms with Crippen LogP contribution >= 0.6 is 12.4 Å². The van der Waals surface area contributed by atoms with Crippen molar-refractivity contribution in [3.8, 4) is 5.75 Å². The zero-order valence-corrected chi connectivity index (χ0v) is 13.3. The Labute approximate surface area is 132 Å². The lowest BCUT2D eigenvalue weighted by molar-refractivity contribution is -0.121. The van der Waals surface area contributed by atoms with Crippen LogP contribution in [0, 0.1) is 5.92 Å². The van der Waals surface area contributed by atoms with E-state index in [2.05, 4.69) is 5.32 Å². The lowest BCUT2D eigenvalue weighted by Crippen LogP contribution is -2.38. The minimum atomic E-state index is 0. The number of benzene rings is 1. The first kappa shape index (κ1) is 17.8. The van der Waals surface area contributed by atoms with Crippen LogP contribution in [-0.4, -0.2) is 25.1 Å². The smallest absolute Gasteiger partial charge is 0.220 e. The first-order valence-electron chi connectivity index (χ1n) is 7.43. The van der Waals surface area contributed by atoms with Gasteiger partial charge in [0.25, 0.3) is 0 Å². The molecule has 3 N–H and O–H groups in total.